The van der Waals surface area contributed by atoms with Gasteiger partial charge in [0.2, 0.25) is 0 Å². The molecule has 2 saturated carbocycles. The molecule has 15 heavy (non-hydrogen) atoms. The second-order valence-electron chi connectivity index (χ2n) is 4.83. The van der Waals surface area contributed by atoms with Gasteiger partial charge in [0.25, 0.3) is 0 Å². The van der Waals surface area contributed by atoms with Crippen LogP contribution in [0.2, 0.25) is 0 Å². The summed E-state index contributed by atoms with van der Waals surface area (Å²) < 4.78 is 5.54. The Morgan fingerprint density at radius 2 is 2.13 bits per heavy atom. The highest BCUT2D eigenvalue weighted by molar-refractivity contribution is 5.87. The van der Waals surface area contributed by atoms with E-state index in [-0.39, 0.29) is 12.1 Å². The van der Waals surface area contributed by atoms with Crippen LogP contribution in [0.25, 0.3) is 0 Å². The fourth-order valence-electron chi connectivity index (χ4n) is 3.02. The summed E-state index contributed by atoms with van der Waals surface area (Å²) in [4.78, 5) is 11.6. The highest BCUT2D eigenvalue weighted by Crippen LogP contribution is 2.45. The van der Waals surface area contributed by atoms with Crippen LogP contribution in [0.4, 0.5) is 0 Å². The Balaban J connectivity index is 1.90. The first kappa shape index (κ1) is 10.7. The molecule has 0 bridgehead atoms. The Labute approximate surface area is 91.7 Å². The Morgan fingerprint density at radius 3 is 2.87 bits per heavy atom. The van der Waals surface area contributed by atoms with Crippen LogP contribution in [0.5, 0.6) is 0 Å². The molecule has 0 aromatic rings. The molecule has 0 amide bonds. The summed E-state index contributed by atoms with van der Waals surface area (Å²) in [5.41, 5.74) is 0.608. The molecule has 84 valence electrons. The highest BCUT2D eigenvalue weighted by atomic mass is 16.5. The molecular formula is C13H20O2. The van der Waals surface area contributed by atoms with Crippen LogP contribution in [-0.2, 0) is 9.53 Å². The zero-order valence-corrected chi connectivity index (χ0v) is 9.50. The molecule has 0 heterocycles. The van der Waals surface area contributed by atoms with E-state index in [9.17, 15) is 4.79 Å². The summed E-state index contributed by atoms with van der Waals surface area (Å²) in [5.74, 6) is 1.31. The predicted octanol–water partition coefficient (Wildman–Crippen LogP) is 3.07. The molecule has 0 spiro atoms. The minimum absolute atomic E-state index is 0.171. The maximum Gasteiger partial charge on any atom is 0.333 e. The molecule has 2 heteroatoms. The summed E-state index contributed by atoms with van der Waals surface area (Å²) in [6.07, 6.45) is 7.11. The summed E-state index contributed by atoms with van der Waals surface area (Å²) in [6, 6.07) is 0. The summed E-state index contributed by atoms with van der Waals surface area (Å²) in [6.45, 7) is 5.67. The van der Waals surface area contributed by atoms with Gasteiger partial charge < -0.3 is 4.74 Å². The smallest absolute Gasteiger partial charge is 0.333 e. The van der Waals surface area contributed by atoms with Crippen LogP contribution >= 0.6 is 0 Å². The molecular weight excluding hydrogens is 188 g/mol. The molecule has 2 fully saturated rings. The van der Waals surface area contributed by atoms with Gasteiger partial charge in [0.1, 0.15) is 6.10 Å². The van der Waals surface area contributed by atoms with E-state index in [4.69, 9.17) is 4.74 Å². The van der Waals surface area contributed by atoms with E-state index in [1.807, 2.05) is 6.92 Å². The van der Waals surface area contributed by atoms with Crippen LogP contribution < -0.4 is 0 Å². The first-order valence-electron chi connectivity index (χ1n) is 6.11. The zero-order valence-electron chi connectivity index (χ0n) is 9.50. The van der Waals surface area contributed by atoms with Gasteiger partial charge in [0.15, 0.2) is 0 Å². The van der Waals surface area contributed by atoms with Crippen LogP contribution in [-0.4, -0.2) is 12.1 Å². The molecule has 0 saturated heterocycles. The average Bonchev–Trinajstić information content (AvgIpc) is 2.81. The monoisotopic (exact) mass is 208 g/mol. The van der Waals surface area contributed by atoms with Crippen molar-refractivity contribution >= 4 is 5.97 Å². The Morgan fingerprint density at radius 1 is 1.33 bits per heavy atom. The highest BCUT2D eigenvalue weighted by Gasteiger charge is 2.41. The minimum atomic E-state index is -0.171. The summed E-state index contributed by atoms with van der Waals surface area (Å²) in [7, 11) is 0. The maximum absolute atomic E-state index is 11.6. The number of rotatable bonds is 3. The van der Waals surface area contributed by atoms with Crippen molar-refractivity contribution < 1.29 is 9.53 Å². The lowest BCUT2D eigenvalue weighted by molar-refractivity contribution is -0.146. The van der Waals surface area contributed by atoms with E-state index in [0.717, 1.165) is 12.3 Å². The van der Waals surface area contributed by atoms with Crippen LogP contribution in [0.3, 0.4) is 0 Å². The normalized spacial score (nSPS) is 33.8. The van der Waals surface area contributed by atoms with Gasteiger partial charge in [-0.05, 0) is 37.5 Å². The Hall–Kier alpha value is -0.790. The molecule has 0 aromatic carbocycles. The molecule has 3 atom stereocenters. The lowest BCUT2D eigenvalue weighted by Crippen LogP contribution is -2.23. The fourth-order valence-corrected chi connectivity index (χ4v) is 3.02. The second kappa shape index (κ2) is 4.38. The summed E-state index contributed by atoms with van der Waals surface area (Å²) in [5, 5.41) is 0. The molecule has 2 aliphatic carbocycles. The van der Waals surface area contributed by atoms with Gasteiger partial charge in [-0.2, -0.15) is 0 Å². The molecule has 0 aromatic heterocycles. The van der Waals surface area contributed by atoms with Gasteiger partial charge in [0.05, 0.1) is 0 Å². The largest absolute Gasteiger partial charge is 0.459 e. The molecule has 0 N–H and O–H groups in total. The van der Waals surface area contributed by atoms with E-state index in [1.54, 1.807) is 0 Å². The van der Waals surface area contributed by atoms with Crippen molar-refractivity contribution in [2.45, 2.75) is 51.6 Å². The van der Waals surface area contributed by atoms with Gasteiger partial charge in [-0.25, -0.2) is 4.79 Å². The van der Waals surface area contributed by atoms with Crippen LogP contribution in [0.15, 0.2) is 12.2 Å². The third-order valence-corrected chi connectivity index (χ3v) is 3.99. The lowest BCUT2D eigenvalue weighted by atomic mass is 9.99. The Kier molecular flexibility index (Phi) is 3.13. The van der Waals surface area contributed by atoms with Gasteiger partial charge in [-0.1, -0.05) is 26.3 Å². The van der Waals surface area contributed by atoms with E-state index in [2.05, 4.69) is 6.58 Å². The van der Waals surface area contributed by atoms with E-state index >= 15 is 0 Å². The number of hydrogen-bond acceptors (Lipinski definition) is 2. The predicted molar refractivity (Wildman–Crippen MR) is 59.4 cm³/mol. The average molecular weight is 208 g/mol. The SMILES string of the molecule is C=C(CC)C(=O)OC1CCC2CCCC21. The van der Waals surface area contributed by atoms with Gasteiger partial charge in [-0.3, -0.25) is 0 Å². The maximum atomic E-state index is 11.6. The van der Waals surface area contributed by atoms with Crippen molar-refractivity contribution in [3.05, 3.63) is 12.2 Å². The van der Waals surface area contributed by atoms with Crippen molar-refractivity contribution in [2.75, 3.05) is 0 Å². The van der Waals surface area contributed by atoms with Crippen molar-refractivity contribution in [2.24, 2.45) is 11.8 Å². The third kappa shape index (κ3) is 2.09. The quantitative estimate of drug-likeness (QED) is 0.526. The number of ether oxygens (including phenoxy) is 1. The van der Waals surface area contributed by atoms with Crippen molar-refractivity contribution in [1.82, 2.24) is 0 Å². The van der Waals surface area contributed by atoms with E-state index < -0.39 is 0 Å². The molecule has 3 unspecified atom stereocenters. The number of esters is 1. The first-order valence-corrected chi connectivity index (χ1v) is 6.11. The number of carbonyl (C=O) groups excluding carboxylic acids is 1. The molecule has 0 aliphatic heterocycles. The first-order chi connectivity index (χ1) is 7.22. The van der Waals surface area contributed by atoms with Crippen molar-refractivity contribution in [3.63, 3.8) is 0 Å². The van der Waals surface area contributed by atoms with E-state index in [1.165, 1.54) is 25.7 Å². The van der Waals surface area contributed by atoms with Crippen LogP contribution in [0.1, 0.15) is 45.4 Å². The lowest BCUT2D eigenvalue weighted by Gasteiger charge is -2.19. The number of fused-ring (bicyclic) bond motifs is 1. The third-order valence-electron chi connectivity index (χ3n) is 3.99. The van der Waals surface area contributed by atoms with Crippen molar-refractivity contribution in [1.29, 1.82) is 0 Å². The fraction of sp³-hybridized carbons (Fsp3) is 0.769. The molecule has 2 nitrogen and oxygen atoms in total. The molecule has 2 aliphatic rings. The van der Waals surface area contributed by atoms with E-state index in [0.29, 0.717) is 17.9 Å². The molecule has 0 radical (unpaired) electrons. The van der Waals surface area contributed by atoms with Gasteiger partial charge >= 0.3 is 5.97 Å². The van der Waals surface area contributed by atoms with Crippen LogP contribution in [0, 0.1) is 11.8 Å². The Bertz CT molecular complexity index is 270. The van der Waals surface area contributed by atoms with Gasteiger partial charge in [0, 0.05) is 5.57 Å². The number of carbonyl (C=O) groups is 1. The van der Waals surface area contributed by atoms with Gasteiger partial charge in [-0.15, -0.1) is 0 Å². The standard InChI is InChI=1S/C13H20O2/c1-3-9(2)13(14)15-12-8-7-10-5-4-6-11(10)12/h10-12H,2-8H2,1H3. The number of hydrogen-bond donors (Lipinski definition) is 0. The topological polar surface area (TPSA) is 26.3 Å². The zero-order chi connectivity index (χ0) is 10.8. The summed E-state index contributed by atoms with van der Waals surface area (Å²) >= 11 is 0. The second-order valence-corrected chi connectivity index (χ2v) is 4.83. The molecule has 2 rings (SSSR count). The van der Waals surface area contributed by atoms with Crippen molar-refractivity contribution in [3.8, 4) is 0 Å². The minimum Gasteiger partial charge on any atom is -0.459 e.